The van der Waals surface area contributed by atoms with Gasteiger partial charge in [-0.15, -0.1) is 0 Å². The molecule has 3 rings (SSSR count). The van der Waals surface area contributed by atoms with Crippen molar-refractivity contribution in [1.82, 2.24) is 4.98 Å². The van der Waals surface area contributed by atoms with Gasteiger partial charge in [-0.25, -0.2) is 0 Å². The second-order valence-corrected chi connectivity index (χ2v) is 4.93. The predicted molar refractivity (Wildman–Crippen MR) is 75.4 cm³/mol. The summed E-state index contributed by atoms with van der Waals surface area (Å²) in [5.41, 5.74) is 1.67. The van der Waals surface area contributed by atoms with Gasteiger partial charge in [0.2, 0.25) is 0 Å². The molecule has 19 heavy (non-hydrogen) atoms. The van der Waals surface area contributed by atoms with Crippen LogP contribution in [0.25, 0.3) is 16.5 Å². The summed E-state index contributed by atoms with van der Waals surface area (Å²) in [7, 11) is 0. The zero-order valence-electron chi connectivity index (χ0n) is 9.54. The van der Waals surface area contributed by atoms with Crippen molar-refractivity contribution in [2.24, 2.45) is 0 Å². The van der Waals surface area contributed by atoms with Gasteiger partial charge in [-0.1, -0.05) is 23.2 Å². The molecule has 1 aromatic carbocycles. The number of fused-ring (bicyclic) bond motifs is 1. The first kappa shape index (κ1) is 12.2. The second kappa shape index (κ2) is 4.37. The van der Waals surface area contributed by atoms with E-state index in [0.717, 1.165) is 5.52 Å². The van der Waals surface area contributed by atoms with Crippen molar-refractivity contribution in [1.29, 1.82) is 0 Å². The third-order valence-corrected chi connectivity index (χ3v) is 3.78. The summed E-state index contributed by atoms with van der Waals surface area (Å²) in [6.07, 6.45) is 5.47. The average Bonchev–Trinajstić information content (AvgIpc) is 2.81. The Balaban J connectivity index is 2.30. The molecule has 0 amide bonds. The number of H-pyrrole nitrogens is 1. The minimum atomic E-state index is -0.225. The fourth-order valence-electron chi connectivity index (χ4n) is 2.09. The van der Waals surface area contributed by atoms with Crippen molar-refractivity contribution < 1.29 is 9.59 Å². The molecule has 0 saturated carbocycles. The van der Waals surface area contributed by atoms with Crippen molar-refractivity contribution in [3.8, 4) is 0 Å². The van der Waals surface area contributed by atoms with E-state index in [9.17, 15) is 9.59 Å². The van der Waals surface area contributed by atoms with Gasteiger partial charge in [0.05, 0.1) is 10.0 Å². The summed E-state index contributed by atoms with van der Waals surface area (Å²) in [4.78, 5) is 26.3. The number of halogens is 2. The third-order valence-electron chi connectivity index (χ3n) is 2.98. The Morgan fingerprint density at radius 2 is 1.84 bits per heavy atom. The first-order valence-corrected chi connectivity index (χ1v) is 6.27. The first-order chi connectivity index (χ1) is 9.08. The SMILES string of the molecule is O=C1C=CC(=O)C(c2c[nH]c3ccc(Cl)c(Cl)c23)=C1. The van der Waals surface area contributed by atoms with E-state index in [4.69, 9.17) is 23.2 Å². The molecule has 1 N–H and O–H groups in total. The highest BCUT2D eigenvalue weighted by Gasteiger charge is 2.20. The van der Waals surface area contributed by atoms with E-state index in [2.05, 4.69) is 4.98 Å². The van der Waals surface area contributed by atoms with E-state index < -0.39 is 0 Å². The number of carbonyl (C=O) groups is 2. The van der Waals surface area contributed by atoms with Crippen LogP contribution in [0, 0.1) is 0 Å². The van der Waals surface area contributed by atoms with E-state index in [-0.39, 0.29) is 11.6 Å². The van der Waals surface area contributed by atoms with Crippen molar-refractivity contribution in [2.75, 3.05) is 0 Å². The molecule has 2 aromatic rings. The lowest BCUT2D eigenvalue weighted by Gasteiger charge is -2.07. The van der Waals surface area contributed by atoms with Gasteiger partial charge in [-0.05, 0) is 30.4 Å². The van der Waals surface area contributed by atoms with Crippen LogP contribution in [0.1, 0.15) is 5.56 Å². The van der Waals surface area contributed by atoms with Gasteiger partial charge in [0, 0.05) is 28.2 Å². The molecule has 0 unspecified atom stereocenters. The Hall–Kier alpha value is -1.84. The molecule has 94 valence electrons. The third kappa shape index (κ3) is 1.91. The lowest BCUT2D eigenvalue weighted by atomic mass is 9.96. The highest BCUT2D eigenvalue weighted by molar-refractivity contribution is 6.46. The normalized spacial score (nSPS) is 15.2. The van der Waals surface area contributed by atoms with Gasteiger partial charge in [0.25, 0.3) is 0 Å². The molecule has 0 aliphatic heterocycles. The maximum atomic E-state index is 11.9. The van der Waals surface area contributed by atoms with Crippen molar-refractivity contribution in [3.63, 3.8) is 0 Å². The molecule has 0 atom stereocenters. The van der Waals surface area contributed by atoms with E-state index in [0.29, 0.717) is 26.6 Å². The standard InChI is InChI=1S/C14H7Cl2NO2/c15-10-2-3-11-13(14(10)16)9(6-17-11)8-5-7(18)1-4-12(8)19/h1-6,17H. The zero-order chi connectivity index (χ0) is 13.6. The molecule has 1 heterocycles. The molecule has 1 aliphatic carbocycles. The molecule has 0 saturated heterocycles. The van der Waals surface area contributed by atoms with Crippen LogP contribution in [0.4, 0.5) is 0 Å². The van der Waals surface area contributed by atoms with Gasteiger partial charge in [0.15, 0.2) is 11.6 Å². The molecule has 0 radical (unpaired) electrons. The summed E-state index contributed by atoms with van der Waals surface area (Å²) in [5, 5.41) is 1.42. The smallest absolute Gasteiger partial charge is 0.186 e. The van der Waals surface area contributed by atoms with Crippen molar-refractivity contribution in [3.05, 3.63) is 52.2 Å². The molecule has 0 bridgehead atoms. The lowest BCUT2D eigenvalue weighted by Crippen LogP contribution is -2.06. The van der Waals surface area contributed by atoms with E-state index >= 15 is 0 Å². The van der Waals surface area contributed by atoms with E-state index in [1.165, 1.54) is 18.2 Å². The Morgan fingerprint density at radius 1 is 1.05 bits per heavy atom. The Kier molecular flexibility index (Phi) is 2.81. The van der Waals surface area contributed by atoms with E-state index in [1.807, 2.05) is 0 Å². The van der Waals surface area contributed by atoms with Crippen LogP contribution >= 0.6 is 23.2 Å². The monoisotopic (exact) mass is 291 g/mol. The Bertz CT molecular complexity index is 784. The number of rotatable bonds is 1. The molecule has 3 nitrogen and oxygen atoms in total. The van der Waals surface area contributed by atoms with Crippen LogP contribution in [0.5, 0.6) is 0 Å². The minimum absolute atomic E-state index is 0.220. The van der Waals surface area contributed by atoms with Crippen LogP contribution in [-0.4, -0.2) is 16.6 Å². The molecule has 0 spiro atoms. The van der Waals surface area contributed by atoms with Gasteiger partial charge < -0.3 is 4.98 Å². The minimum Gasteiger partial charge on any atom is -0.360 e. The largest absolute Gasteiger partial charge is 0.360 e. The fraction of sp³-hybridized carbons (Fsp3) is 0. The highest BCUT2D eigenvalue weighted by Crippen LogP contribution is 2.36. The number of benzene rings is 1. The maximum absolute atomic E-state index is 11.9. The van der Waals surface area contributed by atoms with Crippen LogP contribution in [0.3, 0.4) is 0 Å². The number of allylic oxidation sites excluding steroid dienone is 4. The number of hydrogen-bond donors (Lipinski definition) is 1. The number of nitrogens with one attached hydrogen (secondary N) is 1. The van der Waals surface area contributed by atoms with Crippen molar-refractivity contribution >= 4 is 51.2 Å². The van der Waals surface area contributed by atoms with Gasteiger partial charge in [-0.3, -0.25) is 9.59 Å². The number of ketones is 2. The predicted octanol–water partition coefficient (Wildman–Crippen LogP) is 3.57. The molecule has 5 heteroatoms. The topological polar surface area (TPSA) is 49.9 Å². The van der Waals surface area contributed by atoms with Crippen LogP contribution in [-0.2, 0) is 9.59 Å². The fourth-order valence-corrected chi connectivity index (χ4v) is 2.51. The molecule has 1 aromatic heterocycles. The average molecular weight is 292 g/mol. The summed E-state index contributed by atoms with van der Waals surface area (Å²) < 4.78 is 0. The molecular weight excluding hydrogens is 285 g/mol. The zero-order valence-corrected chi connectivity index (χ0v) is 11.0. The van der Waals surface area contributed by atoms with Crippen LogP contribution in [0.15, 0.2) is 36.6 Å². The number of aromatic nitrogens is 1. The summed E-state index contributed by atoms with van der Waals surface area (Å²) in [6.45, 7) is 0. The summed E-state index contributed by atoms with van der Waals surface area (Å²) in [6, 6.07) is 3.45. The van der Waals surface area contributed by atoms with Gasteiger partial charge in [-0.2, -0.15) is 0 Å². The first-order valence-electron chi connectivity index (χ1n) is 5.51. The van der Waals surface area contributed by atoms with Crippen molar-refractivity contribution in [2.45, 2.75) is 0 Å². The summed E-state index contributed by atoms with van der Waals surface area (Å²) in [5.74, 6) is -0.446. The highest BCUT2D eigenvalue weighted by atomic mass is 35.5. The maximum Gasteiger partial charge on any atom is 0.186 e. The molecular formula is C14H7Cl2NO2. The summed E-state index contributed by atoms with van der Waals surface area (Å²) >= 11 is 12.2. The van der Waals surface area contributed by atoms with Gasteiger partial charge >= 0.3 is 0 Å². The van der Waals surface area contributed by atoms with E-state index in [1.54, 1.807) is 18.3 Å². The van der Waals surface area contributed by atoms with Crippen LogP contribution in [0.2, 0.25) is 10.0 Å². The molecule has 1 aliphatic rings. The quantitative estimate of drug-likeness (QED) is 0.817. The Morgan fingerprint density at radius 3 is 2.63 bits per heavy atom. The Labute approximate surface area is 118 Å². The number of carbonyl (C=O) groups excluding carboxylic acids is 2. The molecule has 0 fully saturated rings. The number of aromatic amines is 1. The second-order valence-electron chi connectivity index (χ2n) is 4.14. The number of hydrogen-bond acceptors (Lipinski definition) is 2. The lowest BCUT2D eigenvalue weighted by molar-refractivity contribution is -0.113. The van der Waals surface area contributed by atoms with Crippen LogP contribution < -0.4 is 0 Å². The van der Waals surface area contributed by atoms with Gasteiger partial charge in [0.1, 0.15) is 0 Å².